The molecule has 0 radical (unpaired) electrons. The van der Waals surface area contributed by atoms with Gasteiger partial charge in [0.15, 0.2) is 11.1 Å². The van der Waals surface area contributed by atoms with Crippen molar-refractivity contribution in [3.63, 3.8) is 0 Å². The smallest absolute Gasteiger partial charge is 0.246 e. The fraction of sp³-hybridized carbons (Fsp3) is 0.250. The molecule has 0 N–H and O–H groups in total. The van der Waals surface area contributed by atoms with Gasteiger partial charge in [-0.1, -0.05) is 23.7 Å². The van der Waals surface area contributed by atoms with Crippen LogP contribution in [0, 0.1) is 11.3 Å². The number of likely N-dealkylation sites (N-methyl/N-ethyl adjacent to an activating group) is 1. The maximum absolute atomic E-state index is 12.5. The summed E-state index contributed by atoms with van der Waals surface area (Å²) in [6, 6.07) is 9.32. The highest BCUT2D eigenvalue weighted by Gasteiger charge is 2.27. The number of hydrogen-bond donors (Lipinski definition) is 0. The zero-order valence-electron chi connectivity index (χ0n) is 12.7. The summed E-state index contributed by atoms with van der Waals surface area (Å²) in [5, 5.41) is 9.39. The molecule has 2 aromatic rings. The molecule has 118 valence electrons. The molecule has 0 bridgehead atoms. The Morgan fingerprint density at radius 1 is 1.43 bits per heavy atom. The van der Waals surface area contributed by atoms with Crippen LogP contribution < -0.4 is 4.74 Å². The van der Waals surface area contributed by atoms with Gasteiger partial charge in [0.25, 0.3) is 0 Å². The molecule has 1 unspecified atom stereocenters. The lowest BCUT2D eigenvalue weighted by molar-refractivity contribution is -0.130. The maximum atomic E-state index is 12.5. The molecule has 1 atom stereocenters. The molecule has 6 nitrogen and oxygen atoms in total. The van der Waals surface area contributed by atoms with Crippen LogP contribution in [0.2, 0.25) is 5.15 Å². The average molecular weight is 331 g/mol. The highest BCUT2D eigenvalue weighted by Crippen LogP contribution is 2.22. The van der Waals surface area contributed by atoms with E-state index in [1.165, 1.54) is 17.3 Å². The van der Waals surface area contributed by atoms with E-state index in [4.69, 9.17) is 16.3 Å². The number of methoxy groups -OCH3 is 1. The van der Waals surface area contributed by atoms with Crippen molar-refractivity contribution >= 4 is 17.5 Å². The summed E-state index contributed by atoms with van der Waals surface area (Å²) in [4.78, 5) is 21.8. The summed E-state index contributed by atoms with van der Waals surface area (Å²) in [5.41, 5.74) is 1.06. The van der Waals surface area contributed by atoms with Gasteiger partial charge in [0.05, 0.1) is 13.2 Å². The van der Waals surface area contributed by atoms with Gasteiger partial charge in [0, 0.05) is 26.0 Å². The predicted molar refractivity (Wildman–Crippen MR) is 84.9 cm³/mol. The number of rotatable bonds is 5. The second-order valence-corrected chi connectivity index (χ2v) is 5.20. The number of hydrogen-bond acceptors (Lipinski definition) is 5. The number of ether oxygens (including phenoxy) is 1. The highest BCUT2D eigenvalue weighted by molar-refractivity contribution is 6.30. The van der Waals surface area contributed by atoms with Gasteiger partial charge < -0.3 is 9.64 Å². The third-order valence-electron chi connectivity index (χ3n) is 3.26. The fourth-order valence-electron chi connectivity index (χ4n) is 2.10. The molecule has 0 fully saturated rings. The van der Waals surface area contributed by atoms with Crippen LogP contribution in [0.15, 0.2) is 36.7 Å². The van der Waals surface area contributed by atoms with E-state index in [1.54, 1.807) is 14.2 Å². The summed E-state index contributed by atoms with van der Waals surface area (Å²) >= 11 is 5.93. The molecular formula is C16H15ClN4O2. The Labute approximate surface area is 139 Å². The van der Waals surface area contributed by atoms with Crippen molar-refractivity contribution in [3.05, 3.63) is 53.1 Å². The van der Waals surface area contributed by atoms with Crippen molar-refractivity contribution in [2.24, 2.45) is 0 Å². The van der Waals surface area contributed by atoms with Crippen LogP contribution in [-0.4, -0.2) is 34.9 Å². The third-order valence-corrected chi connectivity index (χ3v) is 3.55. The molecule has 1 aromatic carbocycles. The van der Waals surface area contributed by atoms with E-state index in [-0.39, 0.29) is 10.8 Å². The Hall–Kier alpha value is -2.65. The lowest BCUT2D eigenvalue weighted by atomic mass is 10.1. The molecule has 0 aliphatic carbocycles. The summed E-state index contributed by atoms with van der Waals surface area (Å²) in [6.45, 7) is 0.339. The maximum Gasteiger partial charge on any atom is 0.246 e. The zero-order valence-corrected chi connectivity index (χ0v) is 13.5. The van der Waals surface area contributed by atoms with Crippen LogP contribution in [0.4, 0.5) is 0 Å². The van der Waals surface area contributed by atoms with E-state index in [9.17, 15) is 10.1 Å². The Kier molecular flexibility index (Phi) is 5.50. The lowest BCUT2D eigenvalue weighted by Gasteiger charge is -2.20. The van der Waals surface area contributed by atoms with Gasteiger partial charge in [-0.2, -0.15) is 5.26 Å². The Morgan fingerprint density at radius 3 is 2.83 bits per heavy atom. The number of aromatic nitrogens is 2. The van der Waals surface area contributed by atoms with E-state index in [1.807, 2.05) is 30.3 Å². The van der Waals surface area contributed by atoms with Crippen molar-refractivity contribution in [1.82, 2.24) is 14.9 Å². The quantitative estimate of drug-likeness (QED) is 0.841. The van der Waals surface area contributed by atoms with Gasteiger partial charge in [-0.05, 0) is 17.7 Å². The lowest BCUT2D eigenvalue weighted by Crippen LogP contribution is -2.31. The van der Waals surface area contributed by atoms with Crippen LogP contribution in [0.25, 0.3) is 0 Å². The molecule has 0 saturated carbocycles. The molecule has 0 aliphatic rings. The van der Waals surface area contributed by atoms with Crippen molar-refractivity contribution in [1.29, 1.82) is 5.26 Å². The first-order chi connectivity index (χ1) is 11.1. The van der Waals surface area contributed by atoms with Crippen molar-refractivity contribution in [2.45, 2.75) is 12.5 Å². The van der Waals surface area contributed by atoms with Crippen molar-refractivity contribution in [3.8, 4) is 11.8 Å². The predicted octanol–water partition coefficient (Wildman–Crippen LogP) is 2.40. The summed E-state index contributed by atoms with van der Waals surface area (Å²) < 4.78 is 5.16. The number of amides is 1. The van der Waals surface area contributed by atoms with Crippen LogP contribution in [0.1, 0.15) is 17.2 Å². The van der Waals surface area contributed by atoms with Crippen molar-refractivity contribution in [2.75, 3.05) is 14.2 Å². The van der Waals surface area contributed by atoms with Crippen molar-refractivity contribution < 1.29 is 9.53 Å². The SMILES string of the molecule is COc1cccc(CN(C)C(=O)C(C#N)c2nccnc2Cl)c1. The second-order valence-electron chi connectivity index (χ2n) is 4.84. The van der Waals surface area contributed by atoms with Gasteiger partial charge in [-0.25, -0.2) is 4.98 Å². The highest BCUT2D eigenvalue weighted by atomic mass is 35.5. The fourth-order valence-corrected chi connectivity index (χ4v) is 2.32. The van der Waals surface area contributed by atoms with E-state index in [0.29, 0.717) is 12.3 Å². The molecule has 1 aromatic heterocycles. The van der Waals surface area contributed by atoms with Gasteiger partial charge >= 0.3 is 0 Å². The minimum Gasteiger partial charge on any atom is -0.497 e. The number of halogens is 1. The Bertz CT molecular complexity index is 745. The topological polar surface area (TPSA) is 79.1 Å². The molecule has 23 heavy (non-hydrogen) atoms. The first-order valence-electron chi connectivity index (χ1n) is 6.80. The van der Waals surface area contributed by atoms with E-state index < -0.39 is 11.8 Å². The largest absolute Gasteiger partial charge is 0.497 e. The summed E-state index contributed by atoms with van der Waals surface area (Å²) in [6.07, 6.45) is 2.81. The number of carbonyl (C=O) groups is 1. The monoisotopic (exact) mass is 330 g/mol. The molecule has 1 heterocycles. The number of benzene rings is 1. The molecule has 7 heteroatoms. The van der Waals surface area contributed by atoms with E-state index in [2.05, 4.69) is 9.97 Å². The van der Waals surface area contributed by atoms with Gasteiger partial charge in [-0.3, -0.25) is 9.78 Å². The summed E-state index contributed by atoms with van der Waals surface area (Å²) in [7, 11) is 3.20. The van der Waals surface area contributed by atoms with Crippen LogP contribution in [-0.2, 0) is 11.3 Å². The molecular weight excluding hydrogens is 316 g/mol. The first kappa shape index (κ1) is 16.7. The molecule has 0 saturated heterocycles. The van der Waals surface area contributed by atoms with E-state index in [0.717, 1.165) is 5.56 Å². The first-order valence-corrected chi connectivity index (χ1v) is 7.18. The average Bonchev–Trinajstić information content (AvgIpc) is 2.57. The molecule has 0 spiro atoms. The number of nitriles is 1. The normalized spacial score (nSPS) is 11.4. The zero-order chi connectivity index (χ0) is 16.8. The minimum absolute atomic E-state index is 0.0576. The van der Waals surface area contributed by atoms with Gasteiger partial charge in [-0.15, -0.1) is 0 Å². The summed E-state index contributed by atoms with van der Waals surface area (Å²) in [5.74, 6) is -0.776. The Morgan fingerprint density at radius 2 is 2.17 bits per heavy atom. The number of carbonyl (C=O) groups excluding carboxylic acids is 1. The van der Waals surface area contributed by atoms with Gasteiger partial charge in [0.2, 0.25) is 5.91 Å². The molecule has 0 aliphatic heterocycles. The Balaban J connectivity index is 2.17. The third kappa shape index (κ3) is 3.96. The number of nitrogens with zero attached hydrogens (tertiary/aromatic N) is 4. The standard InChI is InChI=1S/C16H15ClN4O2/c1-21(10-11-4-3-5-12(8-11)23-2)16(22)13(9-18)14-15(17)20-7-6-19-14/h3-8,13H,10H2,1-2H3. The molecule has 1 amide bonds. The van der Waals surface area contributed by atoms with E-state index >= 15 is 0 Å². The van der Waals surface area contributed by atoms with Crippen LogP contribution >= 0.6 is 11.6 Å². The van der Waals surface area contributed by atoms with Gasteiger partial charge in [0.1, 0.15) is 11.4 Å². The molecule has 2 rings (SSSR count). The van der Waals surface area contributed by atoms with Crippen LogP contribution in [0.5, 0.6) is 5.75 Å². The second kappa shape index (κ2) is 7.56. The minimum atomic E-state index is -1.09. The van der Waals surface area contributed by atoms with Crippen LogP contribution in [0.3, 0.4) is 0 Å².